The molecule has 0 saturated carbocycles. The number of ether oxygens (including phenoxy) is 1. The van der Waals surface area contributed by atoms with Crippen LogP contribution >= 0.6 is 0 Å². The summed E-state index contributed by atoms with van der Waals surface area (Å²) in [6, 6.07) is 2.05. The Morgan fingerprint density at radius 2 is 2.57 bits per heavy atom. The molecule has 0 bridgehead atoms. The Morgan fingerprint density at radius 1 is 1.79 bits per heavy atom. The Balaban J connectivity index is 2.24. The number of hydrogen-bond acceptors (Lipinski definition) is 5. The number of nitrogens with two attached hydrogens (primary N) is 1. The molecule has 0 spiro atoms. The minimum absolute atomic E-state index is 0.190. The van der Waals surface area contributed by atoms with Crippen LogP contribution in [0, 0.1) is 11.3 Å². The van der Waals surface area contributed by atoms with Gasteiger partial charge in [0.05, 0.1) is 12.7 Å². The number of hydrazine groups is 1. The molecule has 0 aromatic carbocycles. The average Bonchev–Trinajstić information content (AvgIpc) is 2.26. The van der Waals surface area contributed by atoms with E-state index in [2.05, 4.69) is 5.43 Å². The van der Waals surface area contributed by atoms with Crippen LogP contribution in [-0.2, 0) is 9.53 Å². The molecule has 0 radical (unpaired) electrons. The third-order valence-electron chi connectivity index (χ3n) is 2.11. The zero-order valence-electron chi connectivity index (χ0n) is 7.90. The minimum atomic E-state index is -0.371. The highest BCUT2D eigenvalue weighted by Gasteiger charge is 2.19. The second-order valence-electron chi connectivity index (χ2n) is 3.11. The second-order valence-corrected chi connectivity index (χ2v) is 3.11. The zero-order valence-corrected chi connectivity index (χ0v) is 7.90. The molecule has 0 aliphatic carbocycles. The summed E-state index contributed by atoms with van der Waals surface area (Å²) in [5, 5.41) is 8.63. The molecule has 6 heteroatoms. The van der Waals surface area contributed by atoms with Gasteiger partial charge in [-0.1, -0.05) is 0 Å². The summed E-state index contributed by atoms with van der Waals surface area (Å²) in [5.41, 5.74) is 2.07. The lowest BCUT2D eigenvalue weighted by atomic mass is 10.2. The highest BCUT2D eigenvalue weighted by Crippen LogP contribution is 2.04. The Morgan fingerprint density at radius 3 is 3.21 bits per heavy atom. The lowest BCUT2D eigenvalue weighted by molar-refractivity contribution is -0.121. The number of rotatable bonds is 3. The molecule has 1 saturated heterocycles. The van der Waals surface area contributed by atoms with Gasteiger partial charge in [-0.3, -0.25) is 15.1 Å². The van der Waals surface area contributed by atoms with Crippen molar-refractivity contribution in [1.82, 2.24) is 10.3 Å². The molecule has 14 heavy (non-hydrogen) atoms. The first-order valence-corrected chi connectivity index (χ1v) is 4.49. The first-order chi connectivity index (χ1) is 6.76. The summed E-state index contributed by atoms with van der Waals surface area (Å²) >= 11 is 0. The van der Waals surface area contributed by atoms with E-state index >= 15 is 0 Å². The molecule has 1 rings (SSSR count). The number of amides is 1. The van der Waals surface area contributed by atoms with Gasteiger partial charge in [0.1, 0.15) is 0 Å². The Labute approximate surface area is 82.6 Å². The van der Waals surface area contributed by atoms with Crippen molar-refractivity contribution >= 4 is 5.91 Å². The van der Waals surface area contributed by atoms with Crippen LogP contribution in [-0.4, -0.2) is 43.2 Å². The van der Waals surface area contributed by atoms with Gasteiger partial charge in [0, 0.05) is 26.1 Å². The van der Waals surface area contributed by atoms with Crippen LogP contribution < -0.4 is 11.3 Å². The molecule has 1 heterocycles. The number of nitriles is 1. The first-order valence-electron chi connectivity index (χ1n) is 4.49. The van der Waals surface area contributed by atoms with Crippen LogP contribution in [0.15, 0.2) is 0 Å². The van der Waals surface area contributed by atoms with Gasteiger partial charge in [0.15, 0.2) is 6.10 Å². The summed E-state index contributed by atoms with van der Waals surface area (Å²) in [5.74, 6) is 4.76. The van der Waals surface area contributed by atoms with Crippen molar-refractivity contribution in [1.29, 1.82) is 5.26 Å². The van der Waals surface area contributed by atoms with Crippen molar-refractivity contribution in [2.75, 3.05) is 26.2 Å². The fraction of sp³-hybridized carbons (Fsp3) is 0.750. The topological polar surface area (TPSA) is 91.4 Å². The summed E-state index contributed by atoms with van der Waals surface area (Å²) in [6.07, 6.45) is -0.0149. The maximum absolute atomic E-state index is 10.8. The van der Waals surface area contributed by atoms with Gasteiger partial charge < -0.3 is 4.74 Å². The monoisotopic (exact) mass is 198 g/mol. The molecule has 1 unspecified atom stereocenters. The molecular formula is C8H14N4O2. The van der Waals surface area contributed by atoms with Crippen LogP contribution in [0.5, 0.6) is 0 Å². The third kappa shape index (κ3) is 3.30. The summed E-state index contributed by atoms with van der Waals surface area (Å²) in [4.78, 5) is 12.9. The highest BCUT2D eigenvalue weighted by molar-refractivity contribution is 5.75. The number of nitrogens with one attached hydrogen (secondary N) is 1. The number of morpholine rings is 1. The van der Waals surface area contributed by atoms with E-state index in [1.165, 1.54) is 0 Å². The van der Waals surface area contributed by atoms with Crippen molar-refractivity contribution in [3.63, 3.8) is 0 Å². The van der Waals surface area contributed by atoms with Gasteiger partial charge in [-0.15, -0.1) is 0 Å². The lowest BCUT2D eigenvalue weighted by Crippen LogP contribution is -2.43. The quantitative estimate of drug-likeness (QED) is 0.330. The van der Waals surface area contributed by atoms with Crippen LogP contribution in [0.25, 0.3) is 0 Å². The van der Waals surface area contributed by atoms with E-state index in [9.17, 15) is 4.79 Å². The van der Waals surface area contributed by atoms with E-state index < -0.39 is 0 Å². The van der Waals surface area contributed by atoms with Crippen molar-refractivity contribution in [3.8, 4) is 6.07 Å². The molecular weight excluding hydrogens is 184 g/mol. The Hall–Kier alpha value is -1.16. The normalized spacial score (nSPS) is 22.7. The van der Waals surface area contributed by atoms with E-state index in [0.717, 1.165) is 6.54 Å². The number of hydrogen-bond donors (Lipinski definition) is 2. The average molecular weight is 198 g/mol. The maximum atomic E-state index is 10.8. The van der Waals surface area contributed by atoms with Gasteiger partial charge in [0.25, 0.3) is 0 Å². The molecule has 1 atom stereocenters. The fourth-order valence-corrected chi connectivity index (χ4v) is 1.32. The zero-order chi connectivity index (χ0) is 10.4. The molecule has 78 valence electrons. The third-order valence-corrected chi connectivity index (χ3v) is 2.11. The van der Waals surface area contributed by atoms with Gasteiger partial charge in [-0.05, 0) is 0 Å². The number of carbonyl (C=O) groups excluding carboxylic acids is 1. The SMILES string of the molecule is N#CC1CN(CCC(=O)NN)CCO1. The molecule has 6 nitrogen and oxygen atoms in total. The number of nitrogens with zero attached hydrogens (tertiary/aromatic N) is 2. The molecule has 1 aliphatic rings. The van der Waals surface area contributed by atoms with Gasteiger partial charge in [-0.25, -0.2) is 5.84 Å². The minimum Gasteiger partial charge on any atom is -0.361 e. The van der Waals surface area contributed by atoms with Gasteiger partial charge in [-0.2, -0.15) is 5.26 Å². The van der Waals surface area contributed by atoms with Crippen molar-refractivity contribution in [3.05, 3.63) is 0 Å². The maximum Gasteiger partial charge on any atom is 0.235 e. The molecule has 1 fully saturated rings. The van der Waals surface area contributed by atoms with E-state index in [1.807, 2.05) is 11.0 Å². The van der Waals surface area contributed by atoms with Crippen LogP contribution in [0.3, 0.4) is 0 Å². The van der Waals surface area contributed by atoms with Crippen LogP contribution in [0.4, 0.5) is 0 Å². The predicted molar refractivity (Wildman–Crippen MR) is 48.7 cm³/mol. The standard InChI is InChI=1S/C8H14N4O2/c9-5-7-6-12(3-4-14-7)2-1-8(13)11-10/h7H,1-4,6,10H2,(H,11,13). The van der Waals surface area contributed by atoms with Crippen LogP contribution in [0.2, 0.25) is 0 Å². The Bertz CT molecular complexity index is 238. The van der Waals surface area contributed by atoms with E-state index in [1.54, 1.807) is 0 Å². The van der Waals surface area contributed by atoms with Crippen LogP contribution in [0.1, 0.15) is 6.42 Å². The molecule has 1 aliphatic heterocycles. The number of carbonyl (C=O) groups is 1. The lowest BCUT2D eigenvalue weighted by Gasteiger charge is -2.29. The molecule has 0 aromatic heterocycles. The van der Waals surface area contributed by atoms with Crippen molar-refractivity contribution in [2.24, 2.45) is 5.84 Å². The van der Waals surface area contributed by atoms with Crippen molar-refractivity contribution < 1.29 is 9.53 Å². The van der Waals surface area contributed by atoms with E-state index in [-0.39, 0.29) is 12.0 Å². The fourth-order valence-electron chi connectivity index (χ4n) is 1.32. The largest absolute Gasteiger partial charge is 0.361 e. The Kier molecular flexibility index (Phi) is 4.32. The summed E-state index contributed by atoms with van der Waals surface area (Å²) in [6.45, 7) is 2.48. The summed E-state index contributed by atoms with van der Waals surface area (Å²) in [7, 11) is 0. The molecule has 3 N–H and O–H groups in total. The molecule has 1 amide bonds. The second kappa shape index (κ2) is 5.54. The predicted octanol–water partition coefficient (Wildman–Crippen LogP) is -1.41. The first kappa shape index (κ1) is 10.9. The molecule has 0 aromatic rings. The van der Waals surface area contributed by atoms with E-state index in [4.69, 9.17) is 15.8 Å². The smallest absolute Gasteiger partial charge is 0.235 e. The summed E-state index contributed by atoms with van der Waals surface area (Å²) < 4.78 is 5.16. The van der Waals surface area contributed by atoms with Gasteiger partial charge >= 0.3 is 0 Å². The van der Waals surface area contributed by atoms with E-state index in [0.29, 0.717) is 26.1 Å². The van der Waals surface area contributed by atoms with Gasteiger partial charge in [0.2, 0.25) is 5.91 Å². The highest BCUT2D eigenvalue weighted by atomic mass is 16.5. The van der Waals surface area contributed by atoms with Crippen molar-refractivity contribution in [2.45, 2.75) is 12.5 Å².